The first-order chi connectivity index (χ1) is 10.5. The molecule has 2 nitrogen and oxygen atoms in total. The molecule has 1 aromatic rings. The zero-order valence-corrected chi connectivity index (χ0v) is 15.8. The molecule has 1 heterocycles. The second kappa shape index (κ2) is 9.27. The molecule has 0 saturated heterocycles. The molecule has 0 saturated carbocycles. The molecule has 1 unspecified atom stereocenters. The van der Waals surface area contributed by atoms with Gasteiger partial charge in [0, 0.05) is 24.2 Å². The Morgan fingerprint density at radius 1 is 1.00 bits per heavy atom. The van der Waals surface area contributed by atoms with Crippen LogP contribution in [0.1, 0.15) is 89.8 Å². The second-order valence-corrected chi connectivity index (χ2v) is 7.13. The maximum absolute atomic E-state index is 5.76. The van der Waals surface area contributed by atoms with Crippen LogP contribution >= 0.6 is 0 Å². The molecule has 0 aliphatic rings. The Labute approximate surface area is 138 Å². The van der Waals surface area contributed by atoms with Gasteiger partial charge in [-0.1, -0.05) is 65.7 Å². The molecule has 1 rings (SSSR count). The third-order valence-corrected chi connectivity index (χ3v) is 5.00. The summed E-state index contributed by atoms with van der Waals surface area (Å²) in [5, 5.41) is 0. The van der Waals surface area contributed by atoms with E-state index >= 15 is 0 Å². The fourth-order valence-corrected chi connectivity index (χ4v) is 3.79. The minimum Gasteiger partial charge on any atom is -0.495 e. The first-order valence-electron chi connectivity index (χ1n) is 9.20. The van der Waals surface area contributed by atoms with Crippen molar-refractivity contribution in [3.8, 4) is 5.75 Å². The van der Waals surface area contributed by atoms with Gasteiger partial charge in [-0.05, 0) is 19.8 Å². The third-order valence-electron chi connectivity index (χ3n) is 5.00. The summed E-state index contributed by atoms with van der Waals surface area (Å²) in [6, 6.07) is 0. The topological polar surface area (TPSA) is 14.2 Å². The van der Waals surface area contributed by atoms with Crippen LogP contribution in [0.4, 0.5) is 0 Å². The minimum absolute atomic E-state index is 0.233. The molecular weight excluding hydrogens is 270 g/mol. The van der Waals surface area contributed by atoms with Gasteiger partial charge in [0.1, 0.15) is 5.75 Å². The third kappa shape index (κ3) is 4.79. The molecule has 0 aromatic carbocycles. The van der Waals surface area contributed by atoms with Crippen molar-refractivity contribution in [3.05, 3.63) is 17.5 Å². The van der Waals surface area contributed by atoms with E-state index in [1.54, 1.807) is 0 Å². The molecule has 0 aliphatic carbocycles. The van der Waals surface area contributed by atoms with Gasteiger partial charge in [0.2, 0.25) is 0 Å². The second-order valence-electron chi connectivity index (χ2n) is 7.13. The highest BCUT2D eigenvalue weighted by Crippen LogP contribution is 2.42. The zero-order chi connectivity index (χ0) is 16.6. The number of hydrogen-bond donors (Lipinski definition) is 0. The summed E-state index contributed by atoms with van der Waals surface area (Å²) in [5.41, 5.74) is 2.90. The normalized spacial score (nSPS) is 14.1. The van der Waals surface area contributed by atoms with E-state index in [1.807, 2.05) is 7.11 Å². The Kier molecular flexibility index (Phi) is 8.06. The van der Waals surface area contributed by atoms with Crippen LogP contribution < -0.4 is 4.74 Å². The summed E-state index contributed by atoms with van der Waals surface area (Å²) < 4.78 is 8.06. The predicted molar refractivity (Wildman–Crippen MR) is 97.0 cm³/mol. The number of methoxy groups -OCH3 is 1. The van der Waals surface area contributed by atoms with Crippen LogP contribution in [0.15, 0.2) is 6.20 Å². The highest BCUT2D eigenvalue weighted by molar-refractivity contribution is 5.42. The Balaban J connectivity index is 2.97. The fraction of sp³-hybridized carbons (Fsp3) is 0.800. The van der Waals surface area contributed by atoms with E-state index in [-0.39, 0.29) is 5.41 Å². The van der Waals surface area contributed by atoms with Crippen LogP contribution in [0.2, 0.25) is 0 Å². The minimum atomic E-state index is 0.233. The van der Waals surface area contributed by atoms with Crippen LogP contribution in [0.25, 0.3) is 0 Å². The summed E-state index contributed by atoms with van der Waals surface area (Å²) >= 11 is 0. The van der Waals surface area contributed by atoms with E-state index in [0.717, 1.165) is 5.75 Å². The number of ether oxygens (including phenoxy) is 1. The van der Waals surface area contributed by atoms with Crippen molar-refractivity contribution in [2.24, 2.45) is 7.05 Å². The summed E-state index contributed by atoms with van der Waals surface area (Å²) in [7, 11) is 3.99. The van der Waals surface area contributed by atoms with Gasteiger partial charge in [-0.15, -0.1) is 0 Å². The molecule has 0 spiro atoms. The van der Waals surface area contributed by atoms with E-state index in [9.17, 15) is 0 Å². The van der Waals surface area contributed by atoms with E-state index < -0.39 is 0 Å². The number of nitrogens with zero attached hydrogens (tertiary/aromatic N) is 1. The van der Waals surface area contributed by atoms with Crippen molar-refractivity contribution in [2.45, 2.75) is 90.9 Å². The lowest BCUT2D eigenvalue weighted by Crippen LogP contribution is -2.25. The van der Waals surface area contributed by atoms with Crippen molar-refractivity contribution in [3.63, 3.8) is 0 Å². The Morgan fingerprint density at radius 3 is 2.09 bits per heavy atom. The Bertz CT molecular complexity index is 435. The van der Waals surface area contributed by atoms with Crippen molar-refractivity contribution in [2.75, 3.05) is 7.11 Å². The van der Waals surface area contributed by atoms with Crippen LogP contribution in [-0.4, -0.2) is 11.7 Å². The van der Waals surface area contributed by atoms with Gasteiger partial charge in [-0.25, -0.2) is 0 Å². The van der Waals surface area contributed by atoms with Crippen LogP contribution in [0.5, 0.6) is 5.75 Å². The van der Waals surface area contributed by atoms with Crippen LogP contribution in [0, 0.1) is 6.92 Å². The van der Waals surface area contributed by atoms with Gasteiger partial charge < -0.3 is 9.30 Å². The highest BCUT2D eigenvalue weighted by Gasteiger charge is 2.32. The summed E-state index contributed by atoms with van der Waals surface area (Å²) in [6.45, 7) is 9.17. The van der Waals surface area contributed by atoms with Crippen molar-refractivity contribution in [1.29, 1.82) is 0 Å². The predicted octanol–water partition coefficient (Wildman–Crippen LogP) is 6.15. The molecule has 0 radical (unpaired) electrons. The summed E-state index contributed by atoms with van der Waals surface area (Å²) in [5.74, 6) is 1.11. The zero-order valence-electron chi connectivity index (χ0n) is 15.8. The Morgan fingerprint density at radius 2 is 1.55 bits per heavy atom. The lowest BCUT2D eigenvalue weighted by molar-refractivity contribution is 0.324. The summed E-state index contributed by atoms with van der Waals surface area (Å²) in [4.78, 5) is 0. The van der Waals surface area contributed by atoms with Gasteiger partial charge in [0.15, 0.2) is 0 Å². The fourth-order valence-electron chi connectivity index (χ4n) is 3.79. The number of rotatable bonds is 11. The molecule has 2 heteroatoms. The molecule has 0 aliphatic heterocycles. The quantitative estimate of drug-likeness (QED) is 0.447. The SMILES string of the molecule is CCCCCCC(C)(CCCCC)c1c(OC)c(C)cn1C. The molecular formula is C20H37NO. The monoisotopic (exact) mass is 307 g/mol. The van der Waals surface area contributed by atoms with Gasteiger partial charge in [-0.3, -0.25) is 0 Å². The first kappa shape index (κ1) is 19.1. The lowest BCUT2D eigenvalue weighted by atomic mass is 9.76. The maximum Gasteiger partial charge on any atom is 0.143 e. The number of hydrogen-bond acceptors (Lipinski definition) is 1. The number of aryl methyl sites for hydroxylation is 2. The van der Waals surface area contributed by atoms with Crippen LogP contribution in [0.3, 0.4) is 0 Å². The van der Waals surface area contributed by atoms with Crippen molar-refractivity contribution in [1.82, 2.24) is 4.57 Å². The average molecular weight is 308 g/mol. The van der Waals surface area contributed by atoms with Gasteiger partial charge in [0.05, 0.1) is 12.8 Å². The summed E-state index contributed by atoms with van der Waals surface area (Å²) in [6.07, 6.45) is 14.0. The molecule has 0 N–H and O–H groups in total. The molecule has 0 bridgehead atoms. The highest BCUT2D eigenvalue weighted by atomic mass is 16.5. The lowest BCUT2D eigenvalue weighted by Gasteiger charge is -2.32. The molecule has 0 amide bonds. The van der Waals surface area contributed by atoms with E-state index in [4.69, 9.17) is 4.74 Å². The largest absolute Gasteiger partial charge is 0.495 e. The number of unbranched alkanes of at least 4 members (excludes halogenated alkanes) is 5. The van der Waals surface area contributed by atoms with Gasteiger partial charge >= 0.3 is 0 Å². The average Bonchev–Trinajstić information content (AvgIpc) is 2.78. The Hall–Kier alpha value is -0.920. The maximum atomic E-state index is 5.76. The molecule has 22 heavy (non-hydrogen) atoms. The molecule has 1 atom stereocenters. The van der Waals surface area contributed by atoms with E-state index in [0.29, 0.717) is 0 Å². The number of aromatic nitrogens is 1. The molecule has 1 aromatic heterocycles. The van der Waals surface area contributed by atoms with E-state index in [1.165, 1.54) is 69.0 Å². The molecule has 0 fully saturated rings. The van der Waals surface area contributed by atoms with Crippen molar-refractivity contribution >= 4 is 0 Å². The smallest absolute Gasteiger partial charge is 0.143 e. The standard InChI is InChI=1S/C20H37NO/c1-7-9-11-13-15-20(4,14-12-10-8-2)19-18(22-6)17(3)16-21(19)5/h16H,7-15H2,1-6H3. The first-order valence-corrected chi connectivity index (χ1v) is 9.20. The van der Waals surface area contributed by atoms with E-state index in [2.05, 4.69) is 45.5 Å². The van der Waals surface area contributed by atoms with Gasteiger partial charge in [0.25, 0.3) is 0 Å². The molecule has 128 valence electrons. The van der Waals surface area contributed by atoms with Crippen molar-refractivity contribution < 1.29 is 4.74 Å². The van der Waals surface area contributed by atoms with Gasteiger partial charge in [-0.2, -0.15) is 0 Å². The van der Waals surface area contributed by atoms with Crippen LogP contribution in [-0.2, 0) is 12.5 Å².